The third-order valence-corrected chi connectivity index (χ3v) is 5.16. The summed E-state index contributed by atoms with van der Waals surface area (Å²) in [5.74, 6) is -0.972. The predicted octanol–water partition coefficient (Wildman–Crippen LogP) is 2.85. The van der Waals surface area contributed by atoms with Gasteiger partial charge in [-0.25, -0.2) is 9.59 Å². The summed E-state index contributed by atoms with van der Waals surface area (Å²) in [7, 11) is 0. The van der Waals surface area contributed by atoms with Gasteiger partial charge in [0.1, 0.15) is 6.04 Å². The third-order valence-electron chi connectivity index (χ3n) is 5.16. The van der Waals surface area contributed by atoms with Crippen molar-refractivity contribution in [2.24, 2.45) is 10.8 Å². The van der Waals surface area contributed by atoms with Gasteiger partial charge in [0.2, 0.25) is 0 Å². The van der Waals surface area contributed by atoms with E-state index in [-0.39, 0.29) is 6.03 Å². The van der Waals surface area contributed by atoms with E-state index in [0.717, 1.165) is 25.9 Å². The monoisotopic (exact) mass is 296 g/mol. The number of carboxylic acids is 1. The lowest BCUT2D eigenvalue weighted by atomic mass is 9.77. The first-order valence-electron chi connectivity index (χ1n) is 8.02. The minimum absolute atomic E-state index is 0.231. The van der Waals surface area contributed by atoms with Crippen LogP contribution in [-0.2, 0) is 4.79 Å². The zero-order chi connectivity index (χ0) is 15.7. The molecule has 0 aromatic rings. The second-order valence-electron chi connectivity index (χ2n) is 7.78. The number of urea groups is 1. The summed E-state index contributed by atoms with van der Waals surface area (Å²) in [6.45, 7) is 6.99. The van der Waals surface area contributed by atoms with Crippen molar-refractivity contribution in [1.82, 2.24) is 10.2 Å². The summed E-state index contributed by atoms with van der Waals surface area (Å²) in [5, 5.41) is 12.0. The first-order chi connectivity index (χ1) is 9.73. The molecule has 0 radical (unpaired) electrons. The van der Waals surface area contributed by atoms with Crippen molar-refractivity contribution in [3.63, 3.8) is 0 Å². The van der Waals surface area contributed by atoms with E-state index in [1.807, 2.05) is 20.8 Å². The molecule has 2 rings (SSSR count). The molecule has 2 fully saturated rings. The summed E-state index contributed by atoms with van der Waals surface area (Å²) in [6.07, 6.45) is 7.35. The molecule has 21 heavy (non-hydrogen) atoms. The Morgan fingerprint density at radius 3 is 2.05 bits per heavy atom. The number of hydrogen-bond acceptors (Lipinski definition) is 2. The van der Waals surface area contributed by atoms with Gasteiger partial charge in [0, 0.05) is 13.1 Å². The predicted molar refractivity (Wildman–Crippen MR) is 81.1 cm³/mol. The van der Waals surface area contributed by atoms with Gasteiger partial charge in [0.15, 0.2) is 0 Å². The second kappa shape index (κ2) is 5.85. The Morgan fingerprint density at radius 2 is 1.62 bits per heavy atom. The number of nitrogens with zero attached hydrogens (tertiary/aromatic N) is 1. The first kappa shape index (κ1) is 16.1. The molecule has 1 saturated carbocycles. The van der Waals surface area contributed by atoms with Crippen LogP contribution in [0.15, 0.2) is 0 Å². The molecule has 0 aromatic heterocycles. The van der Waals surface area contributed by atoms with E-state index in [0.29, 0.717) is 5.41 Å². The fourth-order valence-electron chi connectivity index (χ4n) is 3.67. The van der Waals surface area contributed by atoms with Crippen LogP contribution in [0.4, 0.5) is 4.79 Å². The van der Waals surface area contributed by atoms with Crippen molar-refractivity contribution >= 4 is 12.0 Å². The van der Waals surface area contributed by atoms with E-state index < -0.39 is 17.4 Å². The van der Waals surface area contributed by atoms with E-state index in [9.17, 15) is 14.7 Å². The molecule has 1 saturated heterocycles. The SMILES string of the molecule is CC(C)(C)[C@@H](NC(=O)N1CCC2(CCCC2)CC1)C(=O)O. The van der Waals surface area contributed by atoms with Gasteiger partial charge in [-0.2, -0.15) is 0 Å². The fourth-order valence-corrected chi connectivity index (χ4v) is 3.67. The highest BCUT2D eigenvalue weighted by Crippen LogP contribution is 2.46. The smallest absolute Gasteiger partial charge is 0.326 e. The zero-order valence-electron chi connectivity index (χ0n) is 13.4. The Morgan fingerprint density at radius 1 is 1.10 bits per heavy atom. The number of nitrogens with one attached hydrogen (secondary N) is 1. The number of amides is 2. The largest absolute Gasteiger partial charge is 0.480 e. The van der Waals surface area contributed by atoms with Crippen molar-refractivity contribution in [3.8, 4) is 0 Å². The highest BCUT2D eigenvalue weighted by molar-refractivity contribution is 5.83. The van der Waals surface area contributed by atoms with Crippen LogP contribution in [0.3, 0.4) is 0 Å². The minimum atomic E-state index is -0.972. The van der Waals surface area contributed by atoms with E-state index in [4.69, 9.17) is 0 Å². The van der Waals surface area contributed by atoms with Gasteiger partial charge < -0.3 is 15.3 Å². The van der Waals surface area contributed by atoms with E-state index in [1.54, 1.807) is 4.90 Å². The number of piperidine rings is 1. The van der Waals surface area contributed by atoms with Crippen molar-refractivity contribution in [1.29, 1.82) is 0 Å². The molecule has 120 valence electrons. The normalized spacial score (nSPS) is 23.1. The molecule has 0 aromatic carbocycles. The molecule has 1 heterocycles. The Balaban J connectivity index is 1.91. The van der Waals surface area contributed by atoms with Gasteiger partial charge in [-0.05, 0) is 36.5 Å². The molecular formula is C16H28N2O3. The molecule has 1 aliphatic carbocycles. The zero-order valence-corrected chi connectivity index (χ0v) is 13.4. The molecule has 1 spiro atoms. The molecule has 0 bridgehead atoms. The minimum Gasteiger partial charge on any atom is -0.480 e. The maximum absolute atomic E-state index is 12.3. The summed E-state index contributed by atoms with van der Waals surface area (Å²) in [5.41, 5.74) is -0.0308. The van der Waals surface area contributed by atoms with Crippen LogP contribution in [0.5, 0.6) is 0 Å². The highest BCUT2D eigenvalue weighted by atomic mass is 16.4. The molecule has 2 amide bonds. The molecule has 0 unspecified atom stereocenters. The lowest BCUT2D eigenvalue weighted by Crippen LogP contribution is -2.55. The number of rotatable bonds is 2. The van der Waals surface area contributed by atoms with E-state index >= 15 is 0 Å². The van der Waals surface area contributed by atoms with Crippen LogP contribution in [-0.4, -0.2) is 41.1 Å². The molecule has 2 N–H and O–H groups in total. The molecule has 5 heteroatoms. The van der Waals surface area contributed by atoms with E-state index in [2.05, 4.69) is 5.32 Å². The molecule has 5 nitrogen and oxygen atoms in total. The summed E-state index contributed by atoms with van der Waals surface area (Å²) in [6, 6.07) is -1.09. The van der Waals surface area contributed by atoms with E-state index in [1.165, 1.54) is 25.7 Å². The molecular weight excluding hydrogens is 268 g/mol. The number of likely N-dealkylation sites (tertiary alicyclic amines) is 1. The van der Waals surface area contributed by atoms with Gasteiger partial charge in [-0.1, -0.05) is 33.6 Å². The van der Waals surface area contributed by atoms with Crippen molar-refractivity contribution in [3.05, 3.63) is 0 Å². The standard InChI is InChI=1S/C16H28N2O3/c1-15(2,3)12(13(19)20)17-14(21)18-10-8-16(9-11-18)6-4-5-7-16/h12H,4-11H2,1-3H3,(H,17,21)(H,19,20)/t12-/m0/s1. The summed E-state index contributed by atoms with van der Waals surface area (Å²) >= 11 is 0. The Bertz CT molecular complexity index is 398. The summed E-state index contributed by atoms with van der Waals surface area (Å²) in [4.78, 5) is 25.4. The fraction of sp³-hybridized carbons (Fsp3) is 0.875. The van der Waals surface area contributed by atoms with Crippen molar-refractivity contribution < 1.29 is 14.7 Å². The summed E-state index contributed by atoms with van der Waals surface area (Å²) < 4.78 is 0. The number of aliphatic carboxylic acids is 1. The van der Waals surface area contributed by atoms with Gasteiger partial charge in [-0.3, -0.25) is 0 Å². The molecule has 2 aliphatic rings. The number of carboxylic acid groups (broad SMARTS) is 1. The van der Waals surface area contributed by atoms with Gasteiger partial charge in [0.25, 0.3) is 0 Å². The Labute approximate surface area is 127 Å². The van der Waals surface area contributed by atoms with Crippen LogP contribution < -0.4 is 5.32 Å². The Hall–Kier alpha value is -1.26. The average Bonchev–Trinajstić information content (AvgIpc) is 2.83. The van der Waals surface area contributed by atoms with Crippen molar-refractivity contribution in [2.75, 3.05) is 13.1 Å². The second-order valence-corrected chi connectivity index (χ2v) is 7.78. The maximum atomic E-state index is 12.3. The van der Waals surface area contributed by atoms with Gasteiger partial charge in [0.05, 0.1) is 0 Å². The number of carbonyl (C=O) groups is 2. The maximum Gasteiger partial charge on any atom is 0.326 e. The van der Waals surface area contributed by atoms with Crippen LogP contribution in [0.2, 0.25) is 0 Å². The lowest BCUT2D eigenvalue weighted by molar-refractivity contribution is -0.142. The third kappa shape index (κ3) is 3.69. The quantitative estimate of drug-likeness (QED) is 0.823. The van der Waals surface area contributed by atoms with Gasteiger partial charge >= 0.3 is 12.0 Å². The van der Waals surface area contributed by atoms with Crippen LogP contribution in [0, 0.1) is 10.8 Å². The van der Waals surface area contributed by atoms with Crippen LogP contribution in [0.1, 0.15) is 59.3 Å². The van der Waals surface area contributed by atoms with Crippen LogP contribution in [0.25, 0.3) is 0 Å². The molecule has 1 aliphatic heterocycles. The average molecular weight is 296 g/mol. The number of hydrogen-bond donors (Lipinski definition) is 2. The first-order valence-corrected chi connectivity index (χ1v) is 8.02. The number of carbonyl (C=O) groups excluding carboxylic acids is 1. The van der Waals surface area contributed by atoms with Crippen LogP contribution >= 0.6 is 0 Å². The highest BCUT2D eigenvalue weighted by Gasteiger charge is 2.39. The lowest BCUT2D eigenvalue weighted by Gasteiger charge is -2.40. The Kier molecular flexibility index (Phi) is 4.49. The van der Waals surface area contributed by atoms with Crippen molar-refractivity contribution in [2.45, 2.75) is 65.3 Å². The topological polar surface area (TPSA) is 69.6 Å². The van der Waals surface area contributed by atoms with Gasteiger partial charge in [-0.15, -0.1) is 0 Å². The molecule has 1 atom stereocenters.